The summed E-state index contributed by atoms with van der Waals surface area (Å²) in [4.78, 5) is 5.14. The van der Waals surface area contributed by atoms with Gasteiger partial charge < -0.3 is 10.2 Å². The number of likely N-dealkylation sites (N-methyl/N-ethyl adjacent to an activating group) is 1. The lowest BCUT2D eigenvalue weighted by Gasteiger charge is -2.37. The van der Waals surface area contributed by atoms with Crippen LogP contribution in [-0.4, -0.2) is 61.7 Å². The molecule has 14 heavy (non-hydrogen) atoms. The zero-order valence-electron chi connectivity index (χ0n) is 9.66. The molecular formula is C11H23N3. The zero-order chi connectivity index (χ0) is 10.1. The minimum Gasteiger partial charge on any atom is -0.312 e. The second kappa shape index (κ2) is 4.17. The SMILES string of the molecule is CC1CN(C)CC1N1CCN[C@H](C)C1. The van der Waals surface area contributed by atoms with Crippen LogP contribution in [0.1, 0.15) is 13.8 Å². The minimum absolute atomic E-state index is 0.668. The van der Waals surface area contributed by atoms with Crippen LogP contribution in [0.4, 0.5) is 0 Å². The second-order valence-electron chi connectivity index (χ2n) is 5.12. The summed E-state index contributed by atoms with van der Waals surface area (Å²) >= 11 is 0. The van der Waals surface area contributed by atoms with Crippen LogP contribution in [-0.2, 0) is 0 Å². The van der Waals surface area contributed by atoms with E-state index in [1.54, 1.807) is 0 Å². The van der Waals surface area contributed by atoms with E-state index in [1.165, 1.54) is 26.2 Å². The first-order valence-electron chi connectivity index (χ1n) is 5.83. The Morgan fingerprint density at radius 2 is 1.93 bits per heavy atom. The Morgan fingerprint density at radius 1 is 1.14 bits per heavy atom. The quantitative estimate of drug-likeness (QED) is 0.649. The topological polar surface area (TPSA) is 18.5 Å². The summed E-state index contributed by atoms with van der Waals surface area (Å²) < 4.78 is 0. The largest absolute Gasteiger partial charge is 0.312 e. The fourth-order valence-corrected chi connectivity index (χ4v) is 2.93. The van der Waals surface area contributed by atoms with E-state index in [1.807, 2.05) is 0 Å². The highest BCUT2D eigenvalue weighted by Gasteiger charge is 2.33. The minimum atomic E-state index is 0.668. The third-order valence-electron chi connectivity index (χ3n) is 3.62. The lowest BCUT2D eigenvalue weighted by atomic mass is 10.0. The third-order valence-corrected chi connectivity index (χ3v) is 3.62. The average Bonchev–Trinajstić information content (AvgIpc) is 2.45. The van der Waals surface area contributed by atoms with Crippen molar-refractivity contribution in [3.8, 4) is 0 Å². The summed E-state index contributed by atoms with van der Waals surface area (Å²) in [6.07, 6.45) is 0. The van der Waals surface area contributed by atoms with Crippen molar-refractivity contribution in [3.05, 3.63) is 0 Å². The summed E-state index contributed by atoms with van der Waals surface area (Å²) in [6, 6.07) is 1.46. The molecule has 0 bridgehead atoms. The van der Waals surface area contributed by atoms with Gasteiger partial charge in [-0.2, -0.15) is 0 Å². The van der Waals surface area contributed by atoms with E-state index in [2.05, 4.69) is 36.0 Å². The predicted octanol–water partition coefficient (Wildman–Crippen LogP) is 0.230. The molecule has 3 heteroatoms. The molecule has 3 nitrogen and oxygen atoms in total. The second-order valence-corrected chi connectivity index (χ2v) is 5.12. The number of hydrogen-bond acceptors (Lipinski definition) is 3. The maximum Gasteiger partial charge on any atom is 0.0262 e. The molecule has 0 spiro atoms. The van der Waals surface area contributed by atoms with Gasteiger partial charge in [0.1, 0.15) is 0 Å². The first-order valence-corrected chi connectivity index (χ1v) is 5.83. The molecule has 2 aliphatic heterocycles. The van der Waals surface area contributed by atoms with E-state index in [9.17, 15) is 0 Å². The Bertz CT molecular complexity index is 195. The molecule has 3 atom stereocenters. The highest BCUT2D eigenvalue weighted by atomic mass is 15.3. The summed E-state index contributed by atoms with van der Waals surface area (Å²) in [7, 11) is 2.24. The monoisotopic (exact) mass is 197 g/mol. The van der Waals surface area contributed by atoms with Gasteiger partial charge in [-0.25, -0.2) is 0 Å². The Kier molecular flexibility index (Phi) is 3.10. The van der Waals surface area contributed by atoms with E-state index >= 15 is 0 Å². The van der Waals surface area contributed by atoms with Crippen molar-refractivity contribution in [1.29, 1.82) is 0 Å². The van der Waals surface area contributed by atoms with E-state index in [-0.39, 0.29) is 0 Å². The summed E-state index contributed by atoms with van der Waals surface area (Å²) in [6.45, 7) is 10.8. The van der Waals surface area contributed by atoms with Gasteiger partial charge in [0.2, 0.25) is 0 Å². The molecule has 2 heterocycles. The standard InChI is InChI=1S/C11H23N3/c1-9-6-13(3)8-11(9)14-5-4-12-10(2)7-14/h9-12H,4-8H2,1-3H3/t9?,10-,11?/m1/s1. The van der Waals surface area contributed by atoms with Gasteiger partial charge in [0, 0.05) is 44.8 Å². The van der Waals surface area contributed by atoms with Gasteiger partial charge in [0.25, 0.3) is 0 Å². The Morgan fingerprint density at radius 3 is 2.50 bits per heavy atom. The normalized spacial score (nSPS) is 41.8. The van der Waals surface area contributed by atoms with Crippen LogP contribution in [0.2, 0.25) is 0 Å². The smallest absolute Gasteiger partial charge is 0.0262 e. The zero-order valence-corrected chi connectivity index (χ0v) is 9.66. The van der Waals surface area contributed by atoms with Crippen LogP contribution in [0.15, 0.2) is 0 Å². The van der Waals surface area contributed by atoms with Crippen molar-refractivity contribution in [3.63, 3.8) is 0 Å². The Balaban J connectivity index is 1.93. The number of nitrogens with zero attached hydrogens (tertiary/aromatic N) is 2. The molecule has 2 unspecified atom stereocenters. The van der Waals surface area contributed by atoms with Crippen LogP contribution in [0.25, 0.3) is 0 Å². The number of likely N-dealkylation sites (tertiary alicyclic amines) is 1. The van der Waals surface area contributed by atoms with Crippen molar-refractivity contribution < 1.29 is 0 Å². The van der Waals surface area contributed by atoms with E-state index in [0.717, 1.165) is 18.5 Å². The fourth-order valence-electron chi connectivity index (χ4n) is 2.93. The Labute approximate surface area is 87.4 Å². The molecule has 0 aromatic rings. The molecule has 82 valence electrons. The average molecular weight is 197 g/mol. The number of hydrogen-bond donors (Lipinski definition) is 1. The number of piperazine rings is 1. The summed E-state index contributed by atoms with van der Waals surface area (Å²) in [5.41, 5.74) is 0. The first kappa shape index (κ1) is 10.4. The molecule has 1 N–H and O–H groups in total. The van der Waals surface area contributed by atoms with Crippen molar-refractivity contribution >= 4 is 0 Å². The van der Waals surface area contributed by atoms with Crippen molar-refractivity contribution in [2.24, 2.45) is 5.92 Å². The van der Waals surface area contributed by atoms with Gasteiger partial charge in [0.05, 0.1) is 0 Å². The predicted molar refractivity (Wildman–Crippen MR) is 59.5 cm³/mol. The summed E-state index contributed by atoms with van der Waals surface area (Å²) in [5, 5.41) is 3.51. The third kappa shape index (κ3) is 2.10. The van der Waals surface area contributed by atoms with Crippen LogP contribution in [0, 0.1) is 5.92 Å². The van der Waals surface area contributed by atoms with E-state index < -0.39 is 0 Å². The molecule has 2 fully saturated rings. The molecule has 2 saturated heterocycles. The van der Waals surface area contributed by atoms with Crippen molar-refractivity contribution in [2.75, 3.05) is 39.8 Å². The molecule has 0 aliphatic carbocycles. The number of rotatable bonds is 1. The molecule has 0 amide bonds. The van der Waals surface area contributed by atoms with Gasteiger partial charge >= 0.3 is 0 Å². The molecule has 2 aliphatic rings. The van der Waals surface area contributed by atoms with E-state index in [0.29, 0.717) is 6.04 Å². The molecule has 0 aromatic carbocycles. The number of nitrogens with one attached hydrogen (secondary N) is 1. The van der Waals surface area contributed by atoms with Gasteiger partial charge in [0.15, 0.2) is 0 Å². The van der Waals surface area contributed by atoms with Crippen molar-refractivity contribution in [2.45, 2.75) is 25.9 Å². The molecule has 2 rings (SSSR count). The first-order chi connectivity index (χ1) is 6.66. The molecular weight excluding hydrogens is 174 g/mol. The van der Waals surface area contributed by atoms with Gasteiger partial charge in [-0.05, 0) is 19.9 Å². The fraction of sp³-hybridized carbons (Fsp3) is 1.00. The maximum absolute atomic E-state index is 3.51. The van der Waals surface area contributed by atoms with Crippen LogP contribution >= 0.6 is 0 Å². The van der Waals surface area contributed by atoms with Gasteiger partial charge in [-0.15, -0.1) is 0 Å². The van der Waals surface area contributed by atoms with E-state index in [4.69, 9.17) is 0 Å². The van der Waals surface area contributed by atoms with Gasteiger partial charge in [-0.1, -0.05) is 6.92 Å². The highest BCUT2D eigenvalue weighted by Crippen LogP contribution is 2.21. The maximum atomic E-state index is 3.51. The van der Waals surface area contributed by atoms with Gasteiger partial charge in [-0.3, -0.25) is 4.90 Å². The van der Waals surface area contributed by atoms with Crippen molar-refractivity contribution in [1.82, 2.24) is 15.1 Å². The van der Waals surface area contributed by atoms with Crippen LogP contribution < -0.4 is 5.32 Å². The highest BCUT2D eigenvalue weighted by molar-refractivity contribution is 4.90. The lowest BCUT2D eigenvalue weighted by molar-refractivity contribution is 0.132. The van der Waals surface area contributed by atoms with Crippen LogP contribution in [0.5, 0.6) is 0 Å². The molecule has 0 radical (unpaired) electrons. The molecule has 0 aromatic heterocycles. The summed E-state index contributed by atoms with van der Waals surface area (Å²) in [5.74, 6) is 0.838. The van der Waals surface area contributed by atoms with Crippen LogP contribution in [0.3, 0.4) is 0 Å². The lowest BCUT2D eigenvalue weighted by Crippen LogP contribution is -2.54. The Hall–Kier alpha value is -0.120. The molecule has 0 saturated carbocycles.